The summed E-state index contributed by atoms with van der Waals surface area (Å²) in [4.78, 5) is 42.2. The number of piperidine rings is 1. The van der Waals surface area contributed by atoms with Crippen molar-refractivity contribution in [1.29, 1.82) is 0 Å². The molecule has 40 heavy (non-hydrogen) atoms. The molecule has 0 aromatic heterocycles. The van der Waals surface area contributed by atoms with Crippen LogP contribution >= 0.6 is 0 Å². The monoisotopic (exact) mass is 533 g/mol. The van der Waals surface area contributed by atoms with Crippen molar-refractivity contribution in [3.8, 4) is 5.75 Å². The molecule has 6 nitrogen and oxygen atoms in total. The van der Waals surface area contributed by atoms with E-state index in [1.54, 1.807) is 77.7 Å². The lowest BCUT2D eigenvalue weighted by Gasteiger charge is -2.35. The van der Waals surface area contributed by atoms with Gasteiger partial charge in [0.2, 0.25) is 5.78 Å². The molecular formula is C34H31NO5. The lowest BCUT2D eigenvalue weighted by atomic mass is 9.98. The molecule has 1 saturated heterocycles. The second-order valence-corrected chi connectivity index (χ2v) is 9.77. The van der Waals surface area contributed by atoms with E-state index in [1.807, 2.05) is 42.5 Å². The van der Waals surface area contributed by atoms with E-state index in [1.165, 1.54) is 0 Å². The van der Waals surface area contributed by atoms with Gasteiger partial charge in [0.25, 0.3) is 5.91 Å². The van der Waals surface area contributed by atoms with Gasteiger partial charge in [0.1, 0.15) is 18.4 Å². The van der Waals surface area contributed by atoms with Gasteiger partial charge in [0.05, 0.1) is 0 Å². The minimum Gasteiger partial charge on any atom is -0.489 e. The molecule has 0 bridgehead atoms. The van der Waals surface area contributed by atoms with Crippen LogP contribution in [-0.2, 0) is 16.1 Å². The van der Waals surface area contributed by atoms with Gasteiger partial charge in [-0.1, -0.05) is 97.1 Å². The van der Waals surface area contributed by atoms with E-state index in [4.69, 9.17) is 9.47 Å². The Balaban J connectivity index is 1.33. The molecule has 2 atom stereocenters. The van der Waals surface area contributed by atoms with Crippen LogP contribution in [-0.4, -0.2) is 35.1 Å². The zero-order chi connectivity index (χ0) is 27.7. The molecule has 0 spiro atoms. The van der Waals surface area contributed by atoms with Crippen LogP contribution < -0.4 is 4.74 Å². The van der Waals surface area contributed by atoms with E-state index >= 15 is 0 Å². The average molecular weight is 534 g/mol. The summed E-state index contributed by atoms with van der Waals surface area (Å²) in [6, 6.07) is 33.8. The molecule has 202 valence electrons. The molecule has 6 heteroatoms. The van der Waals surface area contributed by atoms with Crippen LogP contribution in [0.4, 0.5) is 0 Å². The van der Waals surface area contributed by atoms with E-state index in [0.29, 0.717) is 42.0 Å². The first-order chi connectivity index (χ1) is 19.6. The second kappa shape index (κ2) is 12.9. The van der Waals surface area contributed by atoms with Crippen LogP contribution in [0.25, 0.3) is 0 Å². The quantitative estimate of drug-likeness (QED) is 0.183. The zero-order valence-corrected chi connectivity index (χ0v) is 22.1. The maximum Gasteiger partial charge on any atom is 0.329 e. The van der Waals surface area contributed by atoms with Crippen LogP contribution in [0, 0.1) is 0 Å². The summed E-state index contributed by atoms with van der Waals surface area (Å²) in [5, 5.41) is 0. The predicted molar refractivity (Wildman–Crippen MR) is 152 cm³/mol. The van der Waals surface area contributed by atoms with Gasteiger partial charge >= 0.3 is 5.97 Å². The topological polar surface area (TPSA) is 72.9 Å². The number of Topliss-reactive ketones (excluding diaryl/α,β-unsaturated/α-hetero) is 1. The molecular weight excluding hydrogens is 502 g/mol. The summed E-state index contributed by atoms with van der Waals surface area (Å²) >= 11 is 0. The van der Waals surface area contributed by atoms with Crippen LogP contribution in [0.1, 0.15) is 57.2 Å². The Morgan fingerprint density at radius 3 is 2.12 bits per heavy atom. The van der Waals surface area contributed by atoms with Gasteiger partial charge in [-0.25, -0.2) is 4.79 Å². The van der Waals surface area contributed by atoms with Gasteiger partial charge in [-0.15, -0.1) is 0 Å². The number of ketones is 1. The number of amides is 1. The summed E-state index contributed by atoms with van der Waals surface area (Å²) in [5.41, 5.74) is 2.50. The fraction of sp³-hybridized carbons (Fsp3) is 0.206. The lowest BCUT2D eigenvalue weighted by molar-refractivity contribution is -0.154. The average Bonchev–Trinajstić information content (AvgIpc) is 3.03. The minimum absolute atomic E-state index is 0.266. The van der Waals surface area contributed by atoms with Gasteiger partial charge in [-0.3, -0.25) is 9.59 Å². The first kappa shape index (κ1) is 26.9. The number of rotatable bonds is 9. The van der Waals surface area contributed by atoms with E-state index in [2.05, 4.69) is 0 Å². The van der Waals surface area contributed by atoms with Crippen molar-refractivity contribution in [2.24, 2.45) is 0 Å². The second-order valence-electron chi connectivity index (χ2n) is 9.77. The first-order valence-electron chi connectivity index (χ1n) is 13.5. The van der Waals surface area contributed by atoms with E-state index in [-0.39, 0.29) is 11.7 Å². The van der Waals surface area contributed by atoms with Crippen LogP contribution in [0.3, 0.4) is 0 Å². The smallest absolute Gasteiger partial charge is 0.329 e. The third-order valence-corrected chi connectivity index (χ3v) is 7.00. The summed E-state index contributed by atoms with van der Waals surface area (Å²) in [7, 11) is 0. The van der Waals surface area contributed by atoms with Gasteiger partial charge in [0.15, 0.2) is 6.10 Å². The third-order valence-electron chi connectivity index (χ3n) is 7.00. The number of benzene rings is 4. The molecule has 1 fully saturated rings. The fourth-order valence-electron chi connectivity index (χ4n) is 4.89. The highest BCUT2D eigenvalue weighted by Gasteiger charge is 2.37. The summed E-state index contributed by atoms with van der Waals surface area (Å²) < 4.78 is 11.8. The molecule has 1 aliphatic heterocycles. The van der Waals surface area contributed by atoms with Crippen LogP contribution in [0.2, 0.25) is 0 Å². The Hall–Kier alpha value is -4.71. The molecule has 4 aromatic rings. The largest absolute Gasteiger partial charge is 0.489 e. The molecule has 4 aromatic carbocycles. The number of hydrogen-bond acceptors (Lipinski definition) is 5. The molecule has 0 N–H and O–H groups in total. The van der Waals surface area contributed by atoms with E-state index in [0.717, 1.165) is 18.4 Å². The lowest BCUT2D eigenvalue weighted by Crippen LogP contribution is -2.49. The maximum absolute atomic E-state index is 13.6. The predicted octanol–water partition coefficient (Wildman–Crippen LogP) is 6.43. The molecule has 1 amide bonds. The standard InChI is InChI=1S/C34H31NO5/c36-31(26-15-6-2-7-16-26)32(27-17-8-3-9-18-27)40-34(38)30-21-10-11-22-35(30)33(37)28-19-12-20-29(23-28)39-24-25-13-4-1-5-14-25/h1-9,12-20,23,30,32H,10-11,21-22,24H2. The van der Waals surface area contributed by atoms with E-state index in [9.17, 15) is 14.4 Å². The van der Waals surface area contributed by atoms with Crippen molar-refractivity contribution >= 4 is 17.7 Å². The van der Waals surface area contributed by atoms with E-state index < -0.39 is 18.1 Å². The molecule has 0 aliphatic carbocycles. The highest BCUT2D eigenvalue weighted by Crippen LogP contribution is 2.28. The molecule has 0 radical (unpaired) electrons. The fourth-order valence-corrected chi connectivity index (χ4v) is 4.89. The number of carbonyl (C=O) groups is 3. The zero-order valence-electron chi connectivity index (χ0n) is 22.1. The molecule has 1 aliphatic rings. The third kappa shape index (κ3) is 6.46. The van der Waals surface area contributed by atoms with Gasteiger partial charge in [-0.2, -0.15) is 0 Å². The van der Waals surface area contributed by atoms with Gasteiger partial charge < -0.3 is 14.4 Å². The highest BCUT2D eigenvalue weighted by atomic mass is 16.5. The Labute approximate surface area is 234 Å². The van der Waals surface area contributed by atoms with Crippen molar-refractivity contribution in [3.05, 3.63) is 138 Å². The van der Waals surface area contributed by atoms with Gasteiger partial charge in [0, 0.05) is 23.2 Å². The number of esters is 1. The Kier molecular flexibility index (Phi) is 8.66. The number of nitrogens with zero attached hydrogens (tertiary/aromatic N) is 1. The van der Waals surface area contributed by atoms with Crippen molar-refractivity contribution in [3.63, 3.8) is 0 Å². The van der Waals surface area contributed by atoms with Crippen molar-refractivity contribution in [2.75, 3.05) is 6.54 Å². The normalized spacial score (nSPS) is 15.6. The maximum atomic E-state index is 13.6. The van der Waals surface area contributed by atoms with Gasteiger partial charge in [-0.05, 0) is 43.0 Å². The molecule has 5 rings (SSSR count). The number of carbonyl (C=O) groups excluding carboxylic acids is 3. The summed E-state index contributed by atoms with van der Waals surface area (Å²) in [6.07, 6.45) is 0.928. The van der Waals surface area contributed by atoms with Crippen molar-refractivity contribution in [2.45, 2.75) is 38.0 Å². The number of ether oxygens (including phenoxy) is 2. The van der Waals surface area contributed by atoms with Crippen LogP contribution in [0.5, 0.6) is 5.75 Å². The Bertz CT molecular complexity index is 1440. The SMILES string of the molecule is O=C(c1ccccc1)C(OC(=O)C1CCCCN1C(=O)c1cccc(OCc2ccccc2)c1)c1ccccc1. The minimum atomic E-state index is -1.11. The first-order valence-corrected chi connectivity index (χ1v) is 13.5. The number of hydrogen-bond donors (Lipinski definition) is 0. The Morgan fingerprint density at radius 1 is 0.750 bits per heavy atom. The molecule has 0 saturated carbocycles. The molecule has 1 heterocycles. The molecule has 2 unspecified atom stereocenters. The van der Waals surface area contributed by atoms with Crippen LogP contribution in [0.15, 0.2) is 115 Å². The van der Waals surface area contributed by atoms with Crippen molar-refractivity contribution in [1.82, 2.24) is 4.90 Å². The highest BCUT2D eigenvalue weighted by molar-refractivity contribution is 6.02. The van der Waals surface area contributed by atoms with Crippen molar-refractivity contribution < 1.29 is 23.9 Å². The number of likely N-dealkylation sites (tertiary alicyclic amines) is 1. The summed E-state index contributed by atoms with van der Waals surface area (Å²) in [6.45, 7) is 0.809. The Morgan fingerprint density at radius 2 is 1.40 bits per heavy atom. The summed E-state index contributed by atoms with van der Waals surface area (Å²) in [5.74, 6) is -0.583.